The summed E-state index contributed by atoms with van der Waals surface area (Å²) < 4.78 is 7.89. The Morgan fingerprint density at radius 1 is 1.37 bits per heavy atom. The number of rotatable bonds is 11. The van der Waals surface area contributed by atoms with Gasteiger partial charge in [-0.15, -0.1) is 34.2 Å². The molecule has 1 aromatic rings. The third-order valence-corrected chi connectivity index (χ3v) is 4.83. The third-order valence-electron chi connectivity index (χ3n) is 4.83. The summed E-state index contributed by atoms with van der Waals surface area (Å²) in [7, 11) is 0. The number of hydrogen-bond acceptors (Lipinski definition) is 4. The maximum Gasteiger partial charge on any atom is 0.191 e. The second kappa shape index (κ2) is 14.1. The number of nitrogens with one attached hydrogen (secondary N) is 2. The quantitative estimate of drug-likeness (QED) is 0.215. The molecule has 156 valence electrons. The van der Waals surface area contributed by atoms with Crippen LogP contribution in [0.5, 0.6) is 0 Å². The average molecular weight is 492 g/mol. The van der Waals surface area contributed by atoms with Gasteiger partial charge >= 0.3 is 0 Å². The molecular weight excluding hydrogens is 455 g/mol. The first-order chi connectivity index (χ1) is 12.7. The smallest absolute Gasteiger partial charge is 0.191 e. The Hall–Kier alpha value is -0.900. The Morgan fingerprint density at radius 2 is 2.22 bits per heavy atom. The van der Waals surface area contributed by atoms with Gasteiger partial charge in [0, 0.05) is 32.7 Å². The van der Waals surface area contributed by atoms with Crippen LogP contribution in [-0.2, 0) is 17.7 Å². The van der Waals surface area contributed by atoms with E-state index in [1.165, 1.54) is 19.3 Å². The lowest BCUT2D eigenvalue weighted by Crippen LogP contribution is -2.47. The lowest BCUT2D eigenvalue weighted by molar-refractivity contribution is 0.0890. The van der Waals surface area contributed by atoms with Gasteiger partial charge in [-0.3, -0.25) is 4.99 Å². The number of halogens is 1. The van der Waals surface area contributed by atoms with Crippen molar-refractivity contribution >= 4 is 29.9 Å². The zero-order valence-electron chi connectivity index (χ0n) is 17.1. The first-order valence-corrected chi connectivity index (χ1v) is 10.3. The highest BCUT2D eigenvalue weighted by Gasteiger charge is 2.23. The highest BCUT2D eigenvalue weighted by Crippen LogP contribution is 2.15. The molecule has 1 aliphatic rings. The predicted octanol–water partition coefficient (Wildman–Crippen LogP) is 3.14. The molecule has 0 aromatic carbocycles. The molecule has 1 fully saturated rings. The second-order valence-corrected chi connectivity index (χ2v) is 7.00. The SMILES string of the molecule is CCCCCCN=C(NCCn1cnnc1CC)NC(C)C1CCCO1.I. The summed E-state index contributed by atoms with van der Waals surface area (Å²) in [6, 6.07) is 0.264. The number of guanidine groups is 1. The van der Waals surface area contributed by atoms with Gasteiger partial charge < -0.3 is 19.9 Å². The van der Waals surface area contributed by atoms with E-state index >= 15 is 0 Å². The van der Waals surface area contributed by atoms with E-state index in [9.17, 15) is 0 Å². The molecule has 1 aromatic heterocycles. The summed E-state index contributed by atoms with van der Waals surface area (Å²) in [6.45, 7) is 9.88. The monoisotopic (exact) mass is 492 g/mol. The van der Waals surface area contributed by atoms with Gasteiger partial charge in [-0.2, -0.15) is 0 Å². The third kappa shape index (κ3) is 8.76. The molecule has 7 nitrogen and oxygen atoms in total. The highest BCUT2D eigenvalue weighted by atomic mass is 127. The molecule has 2 heterocycles. The summed E-state index contributed by atoms with van der Waals surface area (Å²) in [5, 5.41) is 15.1. The van der Waals surface area contributed by atoms with Crippen LogP contribution in [0.15, 0.2) is 11.3 Å². The van der Waals surface area contributed by atoms with Crippen molar-refractivity contribution in [1.82, 2.24) is 25.4 Å². The normalized spacial score (nSPS) is 18.2. The maximum absolute atomic E-state index is 5.80. The first-order valence-electron chi connectivity index (χ1n) is 10.3. The summed E-state index contributed by atoms with van der Waals surface area (Å²) >= 11 is 0. The van der Waals surface area contributed by atoms with Crippen LogP contribution >= 0.6 is 24.0 Å². The molecule has 0 spiro atoms. The zero-order chi connectivity index (χ0) is 18.6. The molecule has 1 aliphatic heterocycles. The Labute approximate surface area is 181 Å². The minimum absolute atomic E-state index is 0. The number of hydrogen-bond donors (Lipinski definition) is 2. The van der Waals surface area contributed by atoms with Crippen molar-refractivity contribution in [1.29, 1.82) is 0 Å². The van der Waals surface area contributed by atoms with Gasteiger partial charge in [0.05, 0.1) is 12.1 Å². The molecule has 0 aliphatic carbocycles. The van der Waals surface area contributed by atoms with E-state index in [1.54, 1.807) is 6.33 Å². The Bertz CT molecular complexity index is 530. The van der Waals surface area contributed by atoms with Crippen molar-refractivity contribution in [3.63, 3.8) is 0 Å². The minimum atomic E-state index is 0. The van der Waals surface area contributed by atoms with Crippen LogP contribution in [-0.4, -0.2) is 52.6 Å². The van der Waals surface area contributed by atoms with Crippen molar-refractivity contribution < 1.29 is 4.74 Å². The van der Waals surface area contributed by atoms with Crippen LogP contribution in [0.2, 0.25) is 0 Å². The average Bonchev–Trinajstić information content (AvgIpc) is 3.32. The maximum atomic E-state index is 5.80. The first kappa shape index (κ1) is 24.1. The van der Waals surface area contributed by atoms with Crippen molar-refractivity contribution in [3.8, 4) is 0 Å². The Balaban J connectivity index is 0.00000364. The molecule has 0 saturated carbocycles. The van der Waals surface area contributed by atoms with Gasteiger partial charge in [0.2, 0.25) is 0 Å². The van der Waals surface area contributed by atoms with Crippen LogP contribution in [0, 0.1) is 0 Å². The molecule has 0 radical (unpaired) electrons. The fourth-order valence-electron chi connectivity index (χ4n) is 3.22. The fourth-order valence-corrected chi connectivity index (χ4v) is 3.22. The Kier molecular flexibility index (Phi) is 12.6. The van der Waals surface area contributed by atoms with E-state index in [1.807, 2.05) is 0 Å². The number of aryl methyl sites for hydroxylation is 1. The van der Waals surface area contributed by atoms with E-state index in [0.29, 0.717) is 0 Å². The van der Waals surface area contributed by atoms with Crippen molar-refractivity contribution in [3.05, 3.63) is 12.2 Å². The highest BCUT2D eigenvalue weighted by molar-refractivity contribution is 14.0. The lowest BCUT2D eigenvalue weighted by Gasteiger charge is -2.23. The van der Waals surface area contributed by atoms with Crippen LogP contribution in [0.3, 0.4) is 0 Å². The van der Waals surface area contributed by atoms with Crippen molar-refractivity contribution in [2.75, 3.05) is 19.7 Å². The van der Waals surface area contributed by atoms with E-state index in [-0.39, 0.29) is 36.1 Å². The molecular formula is C19H37IN6O. The zero-order valence-corrected chi connectivity index (χ0v) is 19.4. The predicted molar refractivity (Wildman–Crippen MR) is 121 cm³/mol. The van der Waals surface area contributed by atoms with Crippen LogP contribution in [0.4, 0.5) is 0 Å². The molecule has 2 atom stereocenters. The number of aromatic nitrogens is 3. The molecule has 0 amide bonds. The van der Waals surface area contributed by atoms with Gasteiger partial charge in [0.25, 0.3) is 0 Å². The molecule has 27 heavy (non-hydrogen) atoms. The number of unbranched alkanes of at least 4 members (excludes halogenated alkanes) is 3. The van der Waals surface area contributed by atoms with Crippen LogP contribution in [0.1, 0.15) is 65.1 Å². The van der Waals surface area contributed by atoms with E-state index in [4.69, 9.17) is 9.73 Å². The molecule has 8 heteroatoms. The lowest BCUT2D eigenvalue weighted by atomic mass is 10.1. The van der Waals surface area contributed by atoms with Gasteiger partial charge in [-0.05, 0) is 26.2 Å². The van der Waals surface area contributed by atoms with E-state index in [0.717, 1.165) is 63.7 Å². The van der Waals surface area contributed by atoms with Crippen molar-refractivity contribution in [2.24, 2.45) is 4.99 Å². The molecule has 1 saturated heterocycles. The number of aliphatic imine (C=N–C) groups is 1. The summed E-state index contributed by atoms with van der Waals surface area (Å²) in [5.41, 5.74) is 0. The summed E-state index contributed by atoms with van der Waals surface area (Å²) in [6.07, 6.45) is 10.2. The topological polar surface area (TPSA) is 76.4 Å². The van der Waals surface area contributed by atoms with Gasteiger partial charge in [0.1, 0.15) is 12.2 Å². The van der Waals surface area contributed by atoms with Crippen molar-refractivity contribution in [2.45, 2.75) is 84.4 Å². The summed E-state index contributed by atoms with van der Waals surface area (Å²) in [4.78, 5) is 4.77. The van der Waals surface area contributed by atoms with Gasteiger partial charge in [0.15, 0.2) is 5.96 Å². The molecule has 2 unspecified atom stereocenters. The van der Waals surface area contributed by atoms with E-state index in [2.05, 4.69) is 46.2 Å². The minimum Gasteiger partial charge on any atom is -0.376 e. The van der Waals surface area contributed by atoms with Gasteiger partial charge in [-0.1, -0.05) is 33.1 Å². The molecule has 2 rings (SSSR count). The van der Waals surface area contributed by atoms with Crippen LogP contribution < -0.4 is 10.6 Å². The van der Waals surface area contributed by atoms with Crippen LogP contribution in [0.25, 0.3) is 0 Å². The number of nitrogens with zero attached hydrogens (tertiary/aromatic N) is 4. The fraction of sp³-hybridized carbons (Fsp3) is 0.842. The molecule has 0 bridgehead atoms. The largest absolute Gasteiger partial charge is 0.376 e. The van der Waals surface area contributed by atoms with Gasteiger partial charge in [-0.25, -0.2) is 0 Å². The van der Waals surface area contributed by atoms with E-state index < -0.39 is 0 Å². The molecule has 2 N–H and O–H groups in total. The Morgan fingerprint density at radius 3 is 2.93 bits per heavy atom. The standard InChI is InChI=1S/C19H36N6O.HI/c1-4-6-7-8-11-20-19(23-16(3)17-10-9-14-26-17)21-12-13-25-15-22-24-18(25)5-2;/h15-17H,4-14H2,1-3H3,(H2,20,21,23);1H. The summed E-state index contributed by atoms with van der Waals surface area (Å²) in [5.74, 6) is 1.90. The number of ether oxygens (including phenoxy) is 1. The second-order valence-electron chi connectivity index (χ2n) is 7.00.